The average Bonchev–Trinajstić information content (AvgIpc) is 2.76. The van der Waals surface area contributed by atoms with Crippen molar-refractivity contribution in [1.82, 2.24) is 10.2 Å². The molecule has 0 amide bonds. The van der Waals surface area contributed by atoms with Gasteiger partial charge in [-0.15, -0.1) is 10.2 Å². The van der Waals surface area contributed by atoms with Crippen LogP contribution < -0.4 is 5.32 Å². The van der Waals surface area contributed by atoms with Crippen molar-refractivity contribution in [3.05, 3.63) is 5.51 Å². The molecule has 2 atom stereocenters. The predicted molar refractivity (Wildman–Crippen MR) is 55.0 cm³/mol. The Labute approximate surface area is 82.6 Å². The summed E-state index contributed by atoms with van der Waals surface area (Å²) in [7, 11) is 0. The van der Waals surface area contributed by atoms with Crippen molar-refractivity contribution in [1.29, 1.82) is 0 Å². The number of hydrogen-bond acceptors (Lipinski definition) is 4. The maximum Gasteiger partial charge on any atom is 0.205 e. The van der Waals surface area contributed by atoms with Gasteiger partial charge in [0.2, 0.25) is 5.13 Å². The molecule has 72 valence electrons. The Morgan fingerprint density at radius 2 is 2.54 bits per heavy atom. The van der Waals surface area contributed by atoms with E-state index in [2.05, 4.69) is 22.4 Å². The van der Waals surface area contributed by atoms with Gasteiger partial charge in [-0.2, -0.15) is 0 Å². The molecule has 1 heterocycles. The van der Waals surface area contributed by atoms with Crippen LogP contribution in [0.1, 0.15) is 32.6 Å². The highest BCUT2D eigenvalue weighted by molar-refractivity contribution is 7.13. The average molecular weight is 197 g/mol. The van der Waals surface area contributed by atoms with E-state index in [1.54, 1.807) is 16.8 Å². The molecule has 4 heteroatoms. The Morgan fingerprint density at radius 1 is 1.62 bits per heavy atom. The second-order valence-electron chi connectivity index (χ2n) is 3.59. The Balaban J connectivity index is 1.94. The minimum atomic E-state index is 0.637. The Hall–Kier alpha value is -0.640. The first kappa shape index (κ1) is 8.94. The first-order chi connectivity index (χ1) is 6.40. The van der Waals surface area contributed by atoms with E-state index in [0.29, 0.717) is 6.04 Å². The van der Waals surface area contributed by atoms with Crippen LogP contribution in [0, 0.1) is 5.92 Å². The molecule has 1 saturated carbocycles. The van der Waals surface area contributed by atoms with E-state index in [9.17, 15) is 0 Å². The van der Waals surface area contributed by atoms with Crippen molar-refractivity contribution in [2.45, 2.75) is 38.6 Å². The summed E-state index contributed by atoms with van der Waals surface area (Å²) in [6, 6.07) is 0.637. The third-order valence-electron chi connectivity index (χ3n) is 2.85. The van der Waals surface area contributed by atoms with Crippen LogP contribution in [0.3, 0.4) is 0 Å². The normalized spacial score (nSPS) is 27.8. The molecule has 0 aromatic carbocycles. The van der Waals surface area contributed by atoms with Gasteiger partial charge in [-0.25, -0.2) is 0 Å². The standard InChI is InChI=1S/C9H15N3S/c1-2-7-4-3-5-8(7)11-9-12-10-6-13-9/h6-8H,2-5H2,1H3,(H,11,12). The van der Waals surface area contributed by atoms with Crippen LogP contribution in [0.5, 0.6) is 0 Å². The van der Waals surface area contributed by atoms with Gasteiger partial charge >= 0.3 is 0 Å². The summed E-state index contributed by atoms with van der Waals surface area (Å²) in [6.07, 6.45) is 5.29. The lowest BCUT2D eigenvalue weighted by molar-refractivity contribution is 0.488. The zero-order valence-electron chi connectivity index (χ0n) is 7.86. The van der Waals surface area contributed by atoms with Gasteiger partial charge < -0.3 is 5.32 Å². The summed E-state index contributed by atoms with van der Waals surface area (Å²) in [5.74, 6) is 0.837. The summed E-state index contributed by atoms with van der Waals surface area (Å²) in [4.78, 5) is 0. The lowest BCUT2D eigenvalue weighted by Crippen LogP contribution is -2.23. The molecule has 1 aliphatic rings. The Morgan fingerprint density at radius 3 is 3.23 bits per heavy atom. The molecule has 2 unspecified atom stereocenters. The molecule has 1 aromatic rings. The van der Waals surface area contributed by atoms with Crippen LogP contribution in [0.15, 0.2) is 5.51 Å². The lowest BCUT2D eigenvalue weighted by Gasteiger charge is -2.18. The molecular formula is C9H15N3S. The molecular weight excluding hydrogens is 182 g/mol. The van der Waals surface area contributed by atoms with Gasteiger partial charge in [-0.3, -0.25) is 0 Å². The van der Waals surface area contributed by atoms with Gasteiger partial charge in [0.05, 0.1) is 0 Å². The maximum atomic E-state index is 4.01. The molecule has 1 aliphatic carbocycles. The van der Waals surface area contributed by atoms with Gasteiger partial charge in [0.25, 0.3) is 0 Å². The Kier molecular flexibility index (Phi) is 2.78. The zero-order chi connectivity index (χ0) is 9.10. The van der Waals surface area contributed by atoms with E-state index < -0.39 is 0 Å². The second kappa shape index (κ2) is 4.05. The first-order valence-electron chi connectivity index (χ1n) is 4.93. The SMILES string of the molecule is CCC1CCCC1Nc1nncs1. The highest BCUT2D eigenvalue weighted by Crippen LogP contribution is 2.30. The number of nitrogens with zero attached hydrogens (tertiary/aromatic N) is 2. The van der Waals surface area contributed by atoms with Gasteiger partial charge in [0.1, 0.15) is 5.51 Å². The molecule has 1 fully saturated rings. The molecule has 0 saturated heterocycles. The smallest absolute Gasteiger partial charge is 0.205 e. The summed E-state index contributed by atoms with van der Waals surface area (Å²) >= 11 is 1.59. The van der Waals surface area contributed by atoms with Crippen LogP contribution in [-0.4, -0.2) is 16.2 Å². The quantitative estimate of drug-likeness (QED) is 0.809. The zero-order valence-corrected chi connectivity index (χ0v) is 8.68. The fraction of sp³-hybridized carbons (Fsp3) is 0.778. The molecule has 0 bridgehead atoms. The van der Waals surface area contributed by atoms with Crippen LogP contribution in [0.25, 0.3) is 0 Å². The van der Waals surface area contributed by atoms with E-state index in [0.717, 1.165) is 11.0 Å². The van der Waals surface area contributed by atoms with Crippen LogP contribution >= 0.6 is 11.3 Å². The van der Waals surface area contributed by atoms with Crippen molar-refractivity contribution in [3.8, 4) is 0 Å². The second-order valence-corrected chi connectivity index (χ2v) is 4.43. The molecule has 1 N–H and O–H groups in total. The number of aromatic nitrogens is 2. The third kappa shape index (κ3) is 1.99. The monoisotopic (exact) mass is 197 g/mol. The van der Waals surface area contributed by atoms with Gasteiger partial charge in [-0.1, -0.05) is 31.1 Å². The molecule has 0 radical (unpaired) electrons. The van der Waals surface area contributed by atoms with Crippen molar-refractivity contribution < 1.29 is 0 Å². The van der Waals surface area contributed by atoms with E-state index in [1.807, 2.05) is 0 Å². The van der Waals surface area contributed by atoms with E-state index in [-0.39, 0.29) is 0 Å². The highest BCUT2D eigenvalue weighted by atomic mass is 32.1. The van der Waals surface area contributed by atoms with Gasteiger partial charge in [0.15, 0.2) is 0 Å². The minimum absolute atomic E-state index is 0.637. The number of rotatable bonds is 3. The number of nitrogens with one attached hydrogen (secondary N) is 1. The largest absolute Gasteiger partial charge is 0.357 e. The summed E-state index contributed by atoms with van der Waals surface area (Å²) in [5.41, 5.74) is 1.78. The van der Waals surface area contributed by atoms with E-state index >= 15 is 0 Å². The molecule has 2 rings (SSSR count). The highest BCUT2D eigenvalue weighted by Gasteiger charge is 2.25. The van der Waals surface area contributed by atoms with Crippen molar-refractivity contribution >= 4 is 16.5 Å². The molecule has 0 spiro atoms. The van der Waals surface area contributed by atoms with Crippen molar-refractivity contribution in [2.24, 2.45) is 5.92 Å². The summed E-state index contributed by atoms with van der Waals surface area (Å²) < 4.78 is 0. The minimum Gasteiger partial charge on any atom is -0.357 e. The van der Waals surface area contributed by atoms with Crippen LogP contribution in [0.4, 0.5) is 5.13 Å². The number of hydrogen-bond donors (Lipinski definition) is 1. The van der Waals surface area contributed by atoms with Crippen LogP contribution in [-0.2, 0) is 0 Å². The fourth-order valence-corrected chi connectivity index (χ4v) is 2.62. The summed E-state index contributed by atoms with van der Waals surface area (Å²) in [6.45, 7) is 2.27. The van der Waals surface area contributed by atoms with Crippen molar-refractivity contribution in [2.75, 3.05) is 5.32 Å². The summed E-state index contributed by atoms with van der Waals surface area (Å²) in [5, 5.41) is 12.3. The topological polar surface area (TPSA) is 37.8 Å². The Bertz CT molecular complexity index is 247. The van der Waals surface area contributed by atoms with E-state index in [4.69, 9.17) is 0 Å². The maximum absolute atomic E-state index is 4.01. The van der Waals surface area contributed by atoms with Crippen LogP contribution in [0.2, 0.25) is 0 Å². The van der Waals surface area contributed by atoms with Crippen molar-refractivity contribution in [3.63, 3.8) is 0 Å². The van der Waals surface area contributed by atoms with Gasteiger partial charge in [0, 0.05) is 6.04 Å². The van der Waals surface area contributed by atoms with E-state index in [1.165, 1.54) is 25.7 Å². The fourth-order valence-electron chi connectivity index (χ4n) is 2.11. The molecule has 3 nitrogen and oxygen atoms in total. The molecule has 1 aromatic heterocycles. The predicted octanol–water partition coefficient (Wildman–Crippen LogP) is 2.53. The lowest BCUT2D eigenvalue weighted by atomic mass is 10.0. The van der Waals surface area contributed by atoms with Gasteiger partial charge in [-0.05, 0) is 18.8 Å². The first-order valence-corrected chi connectivity index (χ1v) is 5.81. The molecule has 0 aliphatic heterocycles. The third-order valence-corrected chi connectivity index (χ3v) is 3.47. The molecule has 13 heavy (non-hydrogen) atoms. The number of anilines is 1.